The largest absolute Gasteiger partial charge is 0.341 e. The van der Waals surface area contributed by atoms with E-state index in [1.54, 1.807) is 0 Å². The number of imidazole rings is 1. The molecule has 4 heteroatoms. The van der Waals surface area contributed by atoms with Gasteiger partial charge in [0.25, 0.3) is 0 Å². The van der Waals surface area contributed by atoms with E-state index in [4.69, 9.17) is 5.73 Å². The Balaban J connectivity index is 1.84. The van der Waals surface area contributed by atoms with Crippen molar-refractivity contribution >= 4 is 5.95 Å². The highest BCUT2D eigenvalue weighted by molar-refractivity contribution is 5.34. The Morgan fingerprint density at radius 2 is 2.21 bits per heavy atom. The molecule has 1 aliphatic carbocycles. The van der Waals surface area contributed by atoms with Gasteiger partial charge in [-0.3, -0.25) is 0 Å². The molecular weight excluding hydrogens is 176 g/mol. The summed E-state index contributed by atoms with van der Waals surface area (Å²) in [5.41, 5.74) is 5.89. The van der Waals surface area contributed by atoms with Crippen LogP contribution in [0.25, 0.3) is 0 Å². The van der Waals surface area contributed by atoms with Crippen LogP contribution in [-0.2, 0) is 0 Å². The van der Waals surface area contributed by atoms with Crippen LogP contribution in [0.5, 0.6) is 0 Å². The Bertz CT molecular complexity index is 329. The fraction of sp³-hybridized carbons (Fsp3) is 0.700. The van der Waals surface area contributed by atoms with Gasteiger partial charge in [-0.1, -0.05) is 0 Å². The molecule has 2 heterocycles. The summed E-state index contributed by atoms with van der Waals surface area (Å²) in [7, 11) is 0. The number of nitrogens with zero attached hydrogens (tertiary/aromatic N) is 3. The summed E-state index contributed by atoms with van der Waals surface area (Å²) in [4.78, 5) is 6.74. The molecule has 2 fully saturated rings. The average Bonchev–Trinajstić information content (AvgIpc) is 2.75. The lowest BCUT2D eigenvalue weighted by Crippen LogP contribution is -2.28. The van der Waals surface area contributed by atoms with Gasteiger partial charge >= 0.3 is 0 Å². The van der Waals surface area contributed by atoms with Crippen molar-refractivity contribution < 1.29 is 0 Å². The minimum Gasteiger partial charge on any atom is -0.341 e. The molecule has 1 aliphatic heterocycles. The SMILES string of the molecule is NC1CCN(c2nccn2C2CC2)C1. The second kappa shape index (κ2) is 2.98. The summed E-state index contributed by atoms with van der Waals surface area (Å²) in [5, 5.41) is 0. The van der Waals surface area contributed by atoms with Gasteiger partial charge in [-0.2, -0.15) is 0 Å². The number of anilines is 1. The Hall–Kier alpha value is -1.03. The lowest BCUT2D eigenvalue weighted by Gasteiger charge is -2.18. The van der Waals surface area contributed by atoms with Crippen LogP contribution in [0.2, 0.25) is 0 Å². The number of rotatable bonds is 2. The second-order valence-corrected chi connectivity index (χ2v) is 4.36. The van der Waals surface area contributed by atoms with Crippen LogP contribution in [0.4, 0.5) is 5.95 Å². The van der Waals surface area contributed by atoms with Gasteiger partial charge in [0.1, 0.15) is 0 Å². The lowest BCUT2D eigenvalue weighted by atomic mass is 10.3. The molecular formula is C10H16N4. The molecule has 14 heavy (non-hydrogen) atoms. The van der Waals surface area contributed by atoms with Crippen molar-refractivity contribution in [3.05, 3.63) is 12.4 Å². The summed E-state index contributed by atoms with van der Waals surface area (Å²) >= 11 is 0. The molecule has 1 unspecified atom stereocenters. The highest BCUT2D eigenvalue weighted by Crippen LogP contribution is 2.38. The average molecular weight is 192 g/mol. The maximum absolute atomic E-state index is 5.89. The number of hydrogen-bond donors (Lipinski definition) is 1. The van der Waals surface area contributed by atoms with Gasteiger partial charge in [0.15, 0.2) is 0 Å². The number of aromatic nitrogens is 2. The molecule has 1 aromatic rings. The lowest BCUT2D eigenvalue weighted by molar-refractivity contribution is 0.707. The molecule has 1 aromatic heterocycles. The van der Waals surface area contributed by atoms with Crippen molar-refractivity contribution in [1.29, 1.82) is 0 Å². The van der Waals surface area contributed by atoms with E-state index in [1.807, 2.05) is 6.20 Å². The minimum atomic E-state index is 0.333. The summed E-state index contributed by atoms with van der Waals surface area (Å²) < 4.78 is 2.30. The molecule has 0 amide bonds. The zero-order valence-corrected chi connectivity index (χ0v) is 8.26. The molecule has 2 N–H and O–H groups in total. The Morgan fingerprint density at radius 1 is 1.36 bits per heavy atom. The molecule has 0 radical (unpaired) electrons. The van der Waals surface area contributed by atoms with E-state index in [2.05, 4.69) is 20.6 Å². The summed E-state index contributed by atoms with van der Waals surface area (Å²) in [6, 6.07) is 1.05. The first kappa shape index (κ1) is 8.29. The quantitative estimate of drug-likeness (QED) is 0.752. The smallest absolute Gasteiger partial charge is 0.205 e. The van der Waals surface area contributed by atoms with E-state index in [1.165, 1.54) is 12.8 Å². The first-order chi connectivity index (χ1) is 6.84. The molecule has 1 saturated carbocycles. The monoisotopic (exact) mass is 192 g/mol. The minimum absolute atomic E-state index is 0.333. The van der Waals surface area contributed by atoms with E-state index >= 15 is 0 Å². The zero-order valence-electron chi connectivity index (χ0n) is 8.26. The van der Waals surface area contributed by atoms with Crippen LogP contribution in [-0.4, -0.2) is 28.7 Å². The normalized spacial score (nSPS) is 27.2. The van der Waals surface area contributed by atoms with E-state index < -0.39 is 0 Å². The van der Waals surface area contributed by atoms with Gasteiger partial charge in [-0.05, 0) is 19.3 Å². The van der Waals surface area contributed by atoms with Crippen molar-refractivity contribution in [2.75, 3.05) is 18.0 Å². The molecule has 0 bridgehead atoms. The number of nitrogens with two attached hydrogens (primary N) is 1. The van der Waals surface area contributed by atoms with Crippen molar-refractivity contribution in [1.82, 2.24) is 9.55 Å². The van der Waals surface area contributed by atoms with Crippen LogP contribution in [0.3, 0.4) is 0 Å². The fourth-order valence-electron chi connectivity index (χ4n) is 2.16. The predicted molar refractivity (Wildman–Crippen MR) is 55.3 cm³/mol. The fourth-order valence-corrected chi connectivity index (χ4v) is 2.16. The van der Waals surface area contributed by atoms with E-state index in [9.17, 15) is 0 Å². The van der Waals surface area contributed by atoms with Crippen LogP contribution in [0, 0.1) is 0 Å². The van der Waals surface area contributed by atoms with Crippen molar-refractivity contribution in [2.24, 2.45) is 5.73 Å². The van der Waals surface area contributed by atoms with Gasteiger partial charge in [-0.25, -0.2) is 4.98 Å². The third-order valence-corrected chi connectivity index (χ3v) is 3.10. The van der Waals surface area contributed by atoms with E-state index in [0.717, 1.165) is 25.5 Å². The number of hydrogen-bond acceptors (Lipinski definition) is 3. The zero-order chi connectivity index (χ0) is 9.54. The van der Waals surface area contributed by atoms with Gasteiger partial charge in [0.2, 0.25) is 5.95 Å². The Labute approximate surface area is 83.7 Å². The van der Waals surface area contributed by atoms with E-state index in [-0.39, 0.29) is 0 Å². The molecule has 0 aromatic carbocycles. The molecule has 3 rings (SSSR count). The second-order valence-electron chi connectivity index (χ2n) is 4.36. The van der Waals surface area contributed by atoms with Crippen LogP contribution in [0.15, 0.2) is 12.4 Å². The molecule has 2 aliphatic rings. The predicted octanol–water partition coefficient (Wildman–Crippen LogP) is 0.755. The first-order valence-corrected chi connectivity index (χ1v) is 5.38. The molecule has 4 nitrogen and oxygen atoms in total. The van der Waals surface area contributed by atoms with Crippen LogP contribution < -0.4 is 10.6 Å². The molecule has 0 spiro atoms. The first-order valence-electron chi connectivity index (χ1n) is 5.38. The Kier molecular flexibility index (Phi) is 1.77. The third-order valence-electron chi connectivity index (χ3n) is 3.10. The van der Waals surface area contributed by atoms with Gasteiger partial charge in [-0.15, -0.1) is 0 Å². The van der Waals surface area contributed by atoms with Gasteiger partial charge < -0.3 is 15.2 Å². The highest BCUT2D eigenvalue weighted by Gasteiger charge is 2.29. The third kappa shape index (κ3) is 1.30. The maximum atomic E-state index is 5.89. The molecule has 1 saturated heterocycles. The summed E-state index contributed by atoms with van der Waals surface area (Å²) in [5.74, 6) is 1.13. The van der Waals surface area contributed by atoms with Gasteiger partial charge in [0.05, 0.1) is 0 Å². The molecule has 1 atom stereocenters. The Morgan fingerprint density at radius 3 is 2.86 bits per heavy atom. The van der Waals surface area contributed by atoms with Crippen molar-refractivity contribution in [3.63, 3.8) is 0 Å². The van der Waals surface area contributed by atoms with Gasteiger partial charge in [0, 0.05) is 37.6 Å². The maximum Gasteiger partial charge on any atom is 0.205 e. The van der Waals surface area contributed by atoms with Crippen LogP contribution in [0.1, 0.15) is 25.3 Å². The van der Waals surface area contributed by atoms with Crippen molar-refractivity contribution in [3.8, 4) is 0 Å². The van der Waals surface area contributed by atoms with Crippen LogP contribution >= 0.6 is 0 Å². The van der Waals surface area contributed by atoms with Crippen molar-refractivity contribution in [2.45, 2.75) is 31.3 Å². The summed E-state index contributed by atoms with van der Waals surface area (Å²) in [6.07, 6.45) is 7.71. The summed E-state index contributed by atoms with van der Waals surface area (Å²) in [6.45, 7) is 2.02. The highest BCUT2D eigenvalue weighted by atomic mass is 15.3. The topological polar surface area (TPSA) is 47.1 Å². The molecule has 76 valence electrons. The van der Waals surface area contributed by atoms with E-state index in [0.29, 0.717) is 12.1 Å². The standard InChI is InChI=1S/C10H16N4/c11-8-3-5-13(7-8)10-12-4-6-14(10)9-1-2-9/h4,6,8-9H,1-3,5,7,11H2.